The zero-order chi connectivity index (χ0) is 22.1. The van der Waals surface area contributed by atoms with Crippen molar-refractivity contribution < 1.29 is 14.3 Å². The Morgan fingerprint density at radius 3 is 2.88 bits per heavy atom. The van der Waals surface area contributed by atoms with Crippen LogP contribution in [0.2, 0.25) is 0 Å². The smallest absolute Gasteiger partial charge is 0.226 e. The van der Waals surface area contributed by atoms with Crippen molar-refractivity contribution in [1.29, 1.82) is 0 Å². The number of nitrogens with one attached hydrogen (secondary N) is 1. The molecule has 2 aromatic heterocycles. The van der Waals surface area contributed by atoms with Gasteiger partial charge in [0.25, 0.3) is 0 Å². The third-order valence-electron chi connectivity index (χ3n) is 5.63. The Balaban J connectivity index is 1.58. The molecule has 0 saturated heterocycles. The number of anilines is 1. The summed E-state index contributed by atoms with van der Waals surface area (Å²) in [7, 11) is 1.63. The van der Waals surface area contributed by atoms with E-state index in [1.807, 2.05) is 48.7 Å². The number of carbonyl (C=O) groups excluding carboxylic acids is 1. The number of fused-ring (bicyclic) bond motifs is 2. The molecule has 0 spiro atoms. The summed E-state index contributed by atoms with van der Waals surface area (Å²) >= 11 is 1.54. The van der Waals surface area contributed by atoms with Gasteiger partial charge in [-0.05, 0) is 24.6 Å². The molecule has 1 atom stereocenters. The van der Waals surface area contributed by atoms with E-state index in [9.17, 15) is 4.79 Å². The van der Waals surface area contributed by atoms with Gasteiger partial charge in [0, 0.05) is 23.5 Å². The van der Waals surface area contributed by atoms with Crippen LogP contribution in [0.5, 0.6) is 11.5 Å². The fraction of sp³-hybridized carbons (Fsp3) is 0.292. The van der Waals surface area contributed by atoms with Gasteiger partial charge in [0.2, 0.25) is 11.0 Å². The summed E-state index contributed by atoms with van der Waals surface area (Å²) in [6, 6.07) is 13.8. The second kappa shape index (κ2) is 8.63. The molecule has 1 aliphatic rings. The number of hydrogen-bond donors (Lipinski definition) is 1. The van der Waals surface area contributed by atoms with Crippen molar-refractivity contribution in [1.82, 2.24) is 14.8 Å². The summed E-state index contributed by atoms with van der Waals surface area (Å²) < 4.78 is 14.5. The number of benzene rings is 2. The largest absolute Gasteiger partial charge is 0.493 e. The molecule has 1 amide bonds. The second-order valence-corrected chi connectivity index (χ2v) is 8.72. The number of ether oxygens (including phenoxy) is 2. The maximum atomic E-state index is 12.7. The molecule has 164 valence electrons. The van der Waals surface area contributed by atoms with Crippen LogP contribution in [-0.2, 0) is 4.79 Å². The van der Waals surface area contributed by atoms with E-state index < -0.39 is 0 Å². The average molecular weight is 449 g/mol. The molecule has 0 saturated carbocycles. The number of aromatic nitrogens is 3. The molecular weight excluding hydrogens is 424 g/mol. The molecule has 3 heterocycles. The normalized spacial score (nSPS) is 15.4. The summed E-state index contributed by atoms with van der Waals surface area (Å²) in [5.74, 6) is 1.78. The molecule has 0 bridgehead atoms. The van der Waals surface area contributed by atoms with Crippen LogP contribution in [-0.4, -0.2) is 34.4 Å². The topological polar surface area (TPSA) is 78.3 Å². The third kappa shape index (κ3) is 3.60. The summed E-state index contributed by atoms with van der Waals surface area (Å²) in [6.07, 6.45) is 4.12. The van der Waals surface area contributed by atoms with E-state index in [1.54, 1.807) is 23.1 Å². The first-order valence-corrected chi connectivity index (χ1v) is 11.5. The molecule has 0 radical (unpaired) electrons. The zero-order valence-corrected chi connectivity index (χ0v) is 18.8. The van der Waals surface area contributed by atoms with Gasteiger partial charge in [-0.2, -0.15) is 9.78 Å². The highest BCUT2D eigenvalue weighted by Crippen LogP contribution is 2.45. The van der Waals surface area contributed by atoms with Crippen LogP contribution in [0.15, 0.2) is 48.7 Å². The predicted octanol–water partition coefficient (Wildman–Crippen LogP) is 5.14. The van der Waals surface area contributed by atoms with Gasteiger partial charge in [0.05, 0.1) is 30.1 Å². The molecule has 1 N–H and O–H groups in total. The molecule has 4 aromatic rings. The number of methoxy groups -OCH3 is 1. The zero-order valence-electron chi connectivity index (χ0n) is 18.0. The predicted molar refractivity (Wildman–Crippen MR) is 125 cm³/mol. The maximum absolute atomic E-state index is 12.7. The maximum Gasteiger partial charge on any atom is 0.226 e. The molecule has 2 aromatic carbocycles. The first kappa shape index (κ1) is 20.5. The fourth-order valence-corrected chi connectivity index (χ4v) is 4.96. The highest BCUT2D eigenvalue weighted by atomic mass is 32.1. The first-order valence-electron chi connectivity index (χ1n) is 10.7. The van der Waals surface area contributed by atoms with E-state index in [-0.39, 0.29) is 11.8 Å². The van der Waals surface area contributed by atoms with Gasteiger partial charge in [-0.25, -0.2) is 4.98 Å². The highest BCUT2D eigenvalue weighted by molar-refractivity contribution is 7.20. The molecule has 7 nitrogen and oxygen atoms in total. The van der Waals surface area contributed by atoms with Gasteiger partial charge >= 0.3 is 0 Å². The van der Waals surface area contributed by atoms with Crippen LogP contribution < -0.4 is 14.8 Å². The minimum atomic E-state index is -0.186. The van der Waals surface area contributed by atoms with Gasteiger partial charge in [-0.3, -0.25) is 4.79 Å². The fourth-order valence-electron chi connectivity index (χ4n) is 4.03. The molecule has 1 aliphatic heterocycles. The van der Waals surface area contributed by atoms with E-state index in [0.29, 0.717) is 30.3 Å². The molecular formula is C24H24N4O3S. The number of para-hydroxylation sites is 2. The van der Waals surface area contributed by atoms with E-state index in [1.165, 1.54) is 0 Å². The number of hydrogen-bond acceptors (Lipinski definition) is 6. The average Bonchev–Trinajstić information content (AvgIpc) is 3.42. The minimum Gasteiger partial charge on any atom is -0.493 e. The molecule has 5 rings (SSSR count). The Bertz CT molecular complexity index is 1250. The van der Waals surface area contributed by atoms with Gasteiger partial charge in [-0.15, -0.1) is 0 Å². The molecule has 0 fully saturated rings. The number of thiazole rings is 1. The number of nitrogens with zero attached hydrogens (tertiary/aromatic N) is 3. The summed E-state index contributed by atoms with van der Waals surface area (Å²) in [5.41, 5.74) is 2.78. The van der Waals surface area contributed by atoms with Crippen LogP contribution >= 0.6 is 11.3 Å². The number of rotatable bonds is 7. The number of amides is 1. The van der Waals surface area contributed by atoms with Gasteiger partial charge in [-0.1, -0.05) is 48.9 Å². The van der Waals surface area contributed by atoms with Gasteiger partial charge in [0.1, 0.15) is 5.82 Å². The number of carbonyl (C=O) groups is 1. The molecule has 1 unspecified atom stereocenters. The van der Waals surface area contributed by atoms with Crippen molar-refractivity contribution in [2.45, 2.75) is 32.1 Å². The molecule has 8 heteroatoms. The van der Waals surface area contributed by atoms with Gasteiger partial charge in [0.15, 0.2) is 11.5 Å². The summed E-state index contributed by atoms with van der Waals surface area (Å²) in [5, 5.41) is 8.33. The quantitative estimate of drug-likeness (QED) is 0.396. The Hall–Kier alpha value is -3.39. The van der Waals surface area contributed by atoms with E-state index in [2.05, 4.69) is 17.3 Å². The standard InChI is InChI=1S/C24H24N4O3S/c1-3-4-12-31-22-15(8-7-10-19(22)30-2)16-13-21(29)27-23-17(16)14-25-28(23)24-26-18-9-5-6-11-20(18)32-24/h5-11,14,16H,3-4,12-13H2,1-2H3,(H,27,29). The lowest BCUT2D eigenvalue weighted by atomic mass is 9.86. The van der Waals surface area contributed by atoms with Crippen molar-refractivity contribution in [3.8, 4) is 16.6 Å². The molecule has 0 aliphatic carbocycles. The van der Waals surface area contributed by atoms with Crippen molar-refractivity contribution in [2.24, 2.45) is 0 Å². The SMILES string of the molecule is CCCCOc1c(OC)cccc1C1CC(=O)Nc2c1cnn2-c1nc2ccccc2s1. The Morgan fingerprint density at radius 2 is 2.06 bits per heavy atom. The van der Waals surface area contributed by atoms with Crippen LogP contribution in [0.3, 0.4) is 0 Å². The minimum absolute atomic E-state index is 0.0623. The monoisotopic (exact) mass is 448 g/mol. The lowest BCUT2D eigenvalue weighted by molar-refractivity contribution is -0.116. The second-order valence-electron chi connectivity index (χ2n) is 7.71. The lowest BCUT2D eigenvalue weighted by Crippen LogP contribution is -2.25. The Labute approximate surface area is 190 Å². The molecule has 32 heavy (non-hydrogen) atoms. The van der Waals surface area contributed by atoms with E-state index in [4.69, 9.17) is 14.5 Å². The summed E-state index contributed by atoms with van der Waals surface area (Å²) in [6.45, 7) is 2.72. The van der Waals surface area contributed by atoms with Crippen molar-refractivity contribution in [3.05, 3.63) is 59.8 Å². The number of unbranched alkanes of at least 4 members (excludes halogenated alkanes) is 1. The van der Waals surface area contributed by atoms with Gasteiger partial charge < -0.3 is 14.8 Å². The summed E-state index contributed by atoms with van der Waals surface area (Å²) in [4.78, 5) is 17.5. The van der Waals surface area contributed by atoms with Crippen LogP contribution in [0.4, 0.5) is 5.82 Å². The van der Waals surface area contributed by atoms with Crippen LogP contribution in [0.25, 0.3) is 15.3 Å². The first-order chi connectivity index (χ1) is 15.7. The van der Waals surface area contributed by atoms with Crippen molar-refractivity contribution >= 4 is 33.3 Å². The lowest BCUT2D eigenvalue weighted by Gasteiger charge is -2.26. The van der Waals surface area contributed by atoms with Crippen LogP contribution in [0, 0.1) is 0 Å². The van der Waals surface area contributed by atoms with Crippen LogP contribution in [0.1, 0.15) is 43.2 Å². The Morgan fingerprint density at radius 1 is 1.19 bits per heavy atom. The van der Waals surface area contributed by atoms with Crippen molar-refractivity contribution in [3.63, 3.8) is 0 Å². The van der Waals surface area contributed by atoms with E-state index >= 15 is 0 Å². The van der Waals surface area contributed by atoms with E-state index in [0.717, 1.165) is 39.3 Å². The highest BCUT2D eigenvalue weighted by Gasteiger charge is 2.33. The van der Waals surface area contributed by atoms with Crippen molar-refractivity contribution in [2.75, 3.05) is 19.0 Å². The Kier molecular flexibility index (Phi) is 5.53. The third-order valence-corrected chi connectivity index (χ3v) is 6.64.